The average Bonchev–Trinajstić information content (AvgIpc) is 3.17. The number of carbonyl (C=O) groups excluding carboxylic acids is 2. The van der Waals surface area contributed by atoms with E-state index in [0.717, 1.165) is 6.42 Å². The molecule has 9 nitrogen and oxygen atoms in total. The minimum absolute atomic E-state index is 0.116. The first kappa shape index (κ1) is 17.7. The molecule has 2 heterocycles. The molecule has 1 aliphatic carbocycles. The second-order valence-corrected chi connectivity index (χ2v) is 6.99. The zero-order valence-electron chi connectivity index (χ0n) is 14.5. The Hall–Kier alpha value is -2.13. The summed E-state index contributed by atoms with van der Waals surface area (Å²) in [7, 11) is 0. The van der Waals surface area contributed by atoms with E-state index in [-0.39, 0.29) is 48.6 Å². The third kappa shape index (κ3) is 4.10. The van der Waals surface area contributed by atoms with Gasteiger partial charge < -0.3 is 15.2 Å². The summed E-state index contributed by atoms with van der Waals surface area (Å²) < 4.78 is 10.2. The summed E-state index contributed by atoms with van der Waals surface area (Å²) in [6.07, 6.45) is 3.95. The number of hydrogen-bond donors (Lipinski definition) is 3. The number of aliphatic imine (C=N–C) groups is 1. The number of guanidine groups is 1. The largest absolute Gasteiger partial charge is 0.508 e. The minimum Gasteiger partial charge on any atom is -0.434 e. The predicted octanol–water partition coefficient (Wildman–Crippen LogP) is -0.258. The highest BCUT2D eigenvalue weighted by Gasteiger charge is 2.44. The van der Waals surface area contributed by atoms with Crippen molar-refractivity contribution in [3.63, 3.8) is 0 Å². The van der Waals surface area contributed by atoms with Crippen LogP contribution in [0.5, 0.6) is 0 Å². The monoisotopic (exact) mass is 351 g/mol. The van der Waals surface area contributed by atoms with Crippen LogP contribution in [0.4, 0.5) is 4.79 Å². The van der Waals surface area contributed by atoms with Crippen LogP contribution in [-0.2, 0) is 14.3 Å². The van der Waals surface area contributed by atoms with Gasteiger partial charge in [-0.15, -0.1) is 0 Å². The first-order valence-corrected chi connectivity index (χ1v) is 8.55. The van der Waals surface area contributed by atoms with Gasteiger partial charge in [0, 0.05) is 12.0 Å². The van der Waals surface area contributed by atoms with Crippen LogP contribution in [0.1, 0.15) is 20.3 Å². The van der Waals surface area contributed by atoms with Crippen LogP contribution in [0.2, 0.25) is 0 Å². The number of amides is 1. The molecule has 4 N–H and O–H groups in total. The summed E-state index contributed by atoms with van der Waals surface area (Å²) in [6.45, 7) is 5.13. The van der Waals surface area contributed by atoms with Gasteiger partial charge in [0.15, 0.2) is 5.96 Å². The number of nitrogens with one attached hydrogen (secondary N) is 2. The first-order chi connectivity index (χ1) is 11.9. The van der Waals surface area contributed by atoms with Crippen LogP contribution in [0.3, 0.4) is 0 Å². The van der Waals surface area contributed by atoms with Gasteiger partial charge in [0.1, 0.15) is 18.8 Å². The van der Waals surface area contributed by atoms with Crippen molar-refractivity contribution in [1.29, 1.82) is 0 Å². The molecule has 2 aliphatic heterocycles. The number of fused-ring (bicyclic) bond motifs is 1. The molecule has 0 bridgehead atoms. The molecule has 0 aromatic carbocycles. The van der Waals surface area contributed by atoms with Crippen molar-refractivity contribution in [2.75, 3.05) is 19.9 Å². The van der Waals surface area contributed by atoms with Crippen LogP contribution in [0, 0.1) is 11.8 Å². The minimum atomic E-state index is -0.630. The molecule has 0 aromatic heterocycles. The number of nitrogens with zero attached hydrogens (tertiary/aromatic N) is 2. The van der Waals surface area contributed by atoms with Gasteiger partial charge in [-0.05, 0) is 12.3 Å². The molecular weight excluding hydrogens is 326 g/mol. The van der Waals surface area contributed by atoms with E-state index in [4.69, 9.17) is 15.2 Å². The lowest BCUT2D eigenvalue weighted by molar-refractivity contribution is -0.122. The number of rotatable bonds is 5. The van der Waals surface area contributed by atoms with Crippen molar-refractivity contribution in [1.82, 2.24) is 15.5 Å². The van der Waals surface area contributed by atoms with Crippen LogP contribution >= 0.6 is 0 Å². The summed E-state index contributed by atoms with van der Waals surface area (Å²) in [5.74, 6) is 0.387. The molecule has 2 unspecified atom stereocenters. The lowest BCUT2D eigenvalue weighted by atomic mass is 10.1. The van der Waals surface area contributed by atoms with Crippen LogP contribution < -0.4 is 16.4 Å². The topological polar surface area (TPSA) is 118 Å². The maximum atomic E-state index is 11.9. The summed E-state index contributed by atoms with van der Waals surface area (Å²) in [4.78, 5) is 29.9. The molecule has 1 fully saturated rings. The van der Waals surface area contributed by atoms with E-state index < -0.39 is 6.16 Å². The molecule has 0 saturated carbocycles. The lowest BCUT2D eigenvalue weighted by Crippen LogP contribution is -2.56. The SMILES string of the molecule is CC(C)COC(=O)OC[C@@H]1C=C[C@H](N2CNC3C(=O)NC(N)=NC32)C1. The highest BCUT2D eigenvalue weighted by Crippen LogP contribution is 2.28. The van der Waals surface area contributed by atoms with E-state index in [2.05, 4.69) is 26.6 Å². The molecule has 3 rings (SSSR count). The molecule has 138 valence electrons. The molecule has 3 aliphatic rings. The number of hydrogen-bond acceptors (Lipinski definition) is 8. The third-order valence-electron chi connectivity index (χ3n) is 4.46. The summed E-state index contributed by atoms with van der Waals surface area (Å²) in [5.41, 5.74) is 5.67. The van der Waals surface area contributed by atoms with Crippen molar-refractivity contribution < 1.29 is 19.1 Å². The van der Waals surface area contributed by atoms with Crippen molar-refractivity contribution in [2.24, 2.45) is 22.6 Å². The molecule has 25 heavy (non-hydrogen) atoms. The summed E-state index contributed by atoms with van der Waals surface area (Å²) in [6, 6.07) is -0.271. The Morgan fingerprint density at radius 1 is 1.44 bits per heavy atom. The normalized spacial score (nSPS) is 31.6. The Kier molecular flexibility index (Phi) is 5.24. The van der Waals surface area contributed by atoms with Crippen LogP contribution in [0.25, 0.3) is 0 Å². The maximum Gasteiger partial charge on any atom is 0.508 e. The quantitative estimate of drug-likeness (QED) is 0.461. The lowest BCUT2D eigenvalue weighted by Gasteiger charge is -2.30. The van der Waals surface area contributed by atoms with Gasteiger partial charge in [0.2, 0.25) is 5.91 Å². The first-order valence-electron chi connectivity index (χ1n) is 8.55. The predicted molar refractivity (Wildman–Crippen MR) is 90.4 cm³/mol. The second kappa shape index (κ2) is 7.40. The average molecular weight is 351 g/mol. The fourth-order valence-corrected chi connectivity index (χ4v) is 3.24. The molecule has 0 spiro atoms. The second-order valence-electron chi connectivity index (χ2n) is 6.99. The van der Waals surface area contributed by atoms with Crippen LogP contribution in [-0.4, -0.2) is 61.1 Å². The van der Waals surface area contributed by atoms with E-state index in [1.165, 1.54) is 0 Å². The molecule has 0 aromatic rings. The molecule has 1 amide bonds. The van der Waals surface area contributed by atoms with E-state index in [1.807, 2.05) is 19.9 Å². The highest BCUT2D eigenvalue weighted by molar-refractivity contribution is 6.01. The standard InChI is InChI=1S/C16H25N5O4/c1-9(2)6-24-16(23)25-7-10-3-4-11(5-10)21-8-18-12-13(21)19-15(17)20-14(12)22/h3-4,9-13,18H,5-8H2,1-2H3,(H3,17,19,20,22)/t10-,11+,12?,13?/m1/s1. The van der Waals surface area contributed by atoms with Crippen LogP contribution in [0.15, 0.2) is 17.1 Å². The van der Waals surface area contributed by atoms with Crippen molar-refractivity contribution in [3.8, 4) is 0 Å². The Morgan fingerprint density at radius 3 is 3.00 bits per heavy atom. The Labute approximate surface area is 146 Å². The number of nitrogens with two attached hydrogens (primary N) is 1. The van der Waals surface area contributed by atoms with Gasteiger partial charge in [-0.1, -0.05) is 26.0 Å². The van der Waals surface area contributed by atoms with Gasteiger partial charge in [0.25, 0.3) is 0 Å². The van der Waals surface area contributed by atoms with Gasteiger partial charge in [-0.25, -0.2) is 9.79 Å². The van der Waals surface area contributed by atoms with Gasteiger partial charge >= 0.3 is 6.16 Å². The zero-order valence-corrected chi connectivity index (χ0v) is 14.5. The van der Waals surface area contributed by atoms with E-state index in [1.54, 1.807) is 0 Å². The molecular formula is C16H25N5O4. The molecule has 0 radical (unpaired) electrons. The van der Waals surface area contributed by atoms with Crippen molar-refractivity contribution in [2.45, 2.75) is 38.5 Å². The van der Waals surface area contributed by atoms with E-state index in [9.17, 15) is 9.59 Å². The van der Waals surface area contributed by atoms with E-state index >= 15 is 0 Å². The number of carbonyl (C=O) groups is 2. The Bertz CT molecular complexity index is 591. The zero-order chi connectivity index (χ0) is 18.0. The fraction of sp³-hybridized carbons (Fsp3) is 0.688. The smallest absolute Gasteiger partial charge is 0.434 e. The molecule has 9 heteroatoms. The summed E-state index contributed by atoms with van der Waals surface area (Å²) in [5, 5.41) is 5.69. The highest BCUT2D eigenvalue weighted by atomic mass is 16.7. The molecule has 4 atom stereocenters. The third-order valence-corrected chi connectivity index (χ3v) is 4.46. The fourth-order valence-electron chi connectivity index (χ4n) is 3.24. The van der Waals surface area contributed by atoms with E-state index in [0.29, 0.717) is 13.3 Å². The van der Waals surface area contributed by atoms with Gasteiger partial charge in [-0.3, -0.25) is 20.3 Å². The molecule has 1 saturated heterocycles. The van der Waals surface area contributed by atoms with Gasteiger partial charge in [-0.2, -0.15) is 0 Å². The van der Waals surface area contributed by atoms with Crippen molar-refractivity contribution in [3.05, 3.63) is 12.2 Å². The maximum absolute atomic E-state index is 11.9. The summed E-state index contributed by atoms with van der Waals surface area (Å²) >= 11 is 0. The Balaban J connectivity index is 1.49. The van der Waals surface area contributed by atoms with Gasteiger partial charge in [0.05, 0.1) is 13.3 Å². The van der Waals surface area contributed by atoms with Crippen molar-refractivity contribution >= 4 is 18.0 Å². The Morgan fingerprint density at radius 2 is 2.24 bits per heavy atom. The number of ether oxygens (including phenoxy) is 2.